The van der Waals surface area contributed by atoms with Gasteiger partial charge in [-0.1, -0.05) is 44.2 Å². The van der Waals surface area contributed by atoms with E-state index in [1.165, 1.54) is 7.11 Å². The molecule has 1 fully saturated rings. The van der Waals surface area contributed by atoms with Gasteiger partial charge in [0.1, 0.15) is 6.04 Å². The second-order valence-corrected chi connectivity index (χ2v) is 9.74. The highest BCUT2D eigenvalue weighted by molar-refractivity contribution is 5.97. The third kappa shape index (κ3) is 4.50. The van der Waals surface area contributed by atoms with E-state index in [0.717, 1.165) is 53.8 Å². The number of ether oxygens (including phenoxy) is 1. The molecule has 3 heterocycles. The van der Waals surface area contributed by atoms with Crippen LogP contribution in [0.25, 0.3) is 10.9 Å². The van der Waals surface area contributed by atoms with Crippen LogP contribution in [0.1, 0.15) is 53.5 Å². The normalized spacial score (nSPS) is 19.4. The van der Waals surface area contributed by atoms with Gasteiger partial charge >= 0.3 is 5.97 Å². The van der Waals surface area contributed by atoms with Crippen molar-refractivity contribution < 1.29 is 19.1 Å². The number of piperazine rings is 1. The number of nitrogens with one attached hydrogen (secondary N) is 1. The zero-order valence-electron chi connectivity index (χ0n) is 21.7. The average molecular weight is 503 g/mol. The number of carbonyl (C=O) groups excluding carboxylic acids is 3. The lowest BCUT2D eigenvalue weighted by Gasteiger charge is -2.47. The van der Waals surface area contributed by atoms with Crippen LogP contribution in [0.2, 0.25) is 0 Å². The van der Waals surface area contributed by atoms with E-state index in [4.69, 9.17) is 4.74 Å². The predicted octanol–water partition coefficient (Wildman–Crippen LogP) is 3.37. The van der Waals surface area contributed by atoms with E-state index in [9.17, 15) is 14.4 Å². The molecule has 37 heavy (non-hydrogen) atoms. The standard InChI is InChI=1S/C29H34N4O4/c1-4-31(5-2)15-8-16-32-18-25(34)33-24(28(32)35)17-22-21-9-6-7-10-23(21)30-26(22)27(33)19-11-13-20(14-12-19)29(36)37-3/h6-7,9-14,24,27,30H,4-5,8,15-18H2,1-3H3. The number of rotatable bonds is 8. The Morgan fingerprint density at radius 1 is 1.08 bits per heavy atom. The van der Waals surface area contributed by atoms with Crippen LogP contribution < -0.4 is 0 Å². The number of H-pyrrole nitrogens is 1. The van der Waals surface area contributed by atoms with Crippen molar-refractivity contribution in [3.63, 3.8) is 0 Å². The fourth-order valence-corrected chi connectivity index (χ4v) is 5.80. The van der Waals surface area contributed by atoms with Gasteiger partial charge in [-0.2, -0.15) is 0 Å². The molecule has 2 amide bonds. The third-order valence-corrected chi connectivity index (χ3v) is 7.79. The minimum atomic E-state index is -0.563. The Balaban J connectivity index is 1.51. The Hall–Kier alpha value is -3.65. The van der Waals surface area contributed by atoms with E-state index in [-0.39, 0.29) is 18.4 Å². The van der Waals surface area contributed by atoms with Gasteiger partial charge in [-0.3, -0.25) is 9.59 Å². The maximum absolute atomic E-state index is 13.8. The number of aromatic nitrogens is 1. The SMILES string of the molecule is CCN(CC)CCCN1CC(=O)N2C(Cc3c([nH]c4ccccc34)C2c2ccc(C(=O)OC)cc2)C1=O. The first-order chi connectivity index (χ1) is 18.0. The summed E-state index contributed by atoms with van der Waals surface area (Å²) in [6.07, 6.45) is 1.32. The molecule has 0 aliphatic carbocycles. The summed E-state index contributed by atoms with van der Waals surface area (Å²) in [5.41, 5.74) is 4.28. The van der Waals surface area contributed by atoms with Crippen LogP contribution in [-0.2, 0) is 20.7 Å². The first-order valence-corrected chi connectivity index (χ1v) is 13.1. The minimum absolute atomic E-state index is 0.00580. The fourth-order valence-electron chi connectivity index (χ4n) is 5.80. The average Bonchev–Trinajstić information content (AvgIpc) is 3.30. The van der Waals surface area contributed by atoms with Crippen LogP contribution in [0.5, 0.6) is 0 Å². The van der Waals surface area contributed by atoms with Gasteiger partial charge in [-0.05, 0) is 55.4 Å². The summed E-state index contributed by atoms with van der Waals surface area (Å²) >= 11 is 0. The Morgan fingerprint density at radius 2 is 1.81 bits per heavy atom. The molecular formula is C29H34N4O4. The fraction of sp³-hybridized carbons (Fsp3) is 0.414. The highest BCUT2D eigenvalue weighted by atomic mass is 16.5. The number of methoxy groups -OCH3 is 1. The second-order valence-electron chi connectivity index (χ2n) is 9.74. The summed E-state index contributed by atoms with van der Waals surface area (Å²) in [4.78, 5) is 48.8. The Morgan fingerprint density at radius 3 is 2.51 bits per heavy atom. The van der Waals surface area contributed by atoms with Gasteiger partial charge < -0.3 is 24.4 Å². The molecule has 194 valence electrons. The molecule has 0 radical (unpaired) electrons. The summed E-state index contributed by atoms with van der Waals surface area (Å²) in [5.74, 6) is -0.464. The van der Waals surface area contributed by atoms with Crippen molar-refractivity contribution >= 4 is 28.7 Å². The van der Waals surface area contributed by atoms with Gasteiger partial charge in [0.2, 0.25) is 11.8 Å². The van der Waals surface area contributed by atoms with Crippen molar-refractivity contribution in [3.8, 4) is 0 Å². The van der Waals surface area contributed by atoms with Crippen molar-refractivity contribution in [1.82, 2.24) is 19.7 Å². The number of esters is 1. The molecular weight excluding hydrogens is 468 g/mol. The molecule has 0 spiro atoms. The molecule has 2 aromatic carbocycles. The highest BCUT2D eigenvalue weighted by Gasteiger charge is 2.48. The van der Waals surface area contributed by atoms with Crippen LogP contribution in [0.15, 0.2) is 48.5 Å². The van der Waals surface area contributed by atoms with Crippen molar-refractivity contribution in [1.29, 1.82) is 0 Å². The van der Waals surface area contributed by atoms with Crippen molar-refractivity contribution in [2.45, 2.75) is 38.8 Å². The number of para-hydroxylation sites is 1. The van der Waals surface area contributed by atoms with Gasteiger partial charge in [0.25, 0.3) is 0 Å². The first-order valence-electron chi connectivity index (χ1n) is 13.1. The number of fused-ring (bicyclic) bond motifs is 4. The van der Waals surface area contributed by atoms with E-state index in [0.29, 0.717) is 18.5 Å². The smallest absolute Gasteiger partial charge is 0.337 e. The number of hydrogen-bond donors (Lipinski definition) is 1. The first kappa shape index (κ1) is 25.0. The molecule has 5 rings (SSSR count). The molecule has 8 heteroatoms. The largest absolute Gasteiger partial charge is 0.465 e. The summed E-state index contributed by atoms with van der Waals surface area (Å²) in [6.45, 7) is 7.77. The molecule has 3 aromatic rings. The summed E-state index contributed by atoms with van der Waals surface area (Å²) in [6, 6.07) is 14.2. The van der Waals surface area contributed by atoms with Crippen LogP contribution in [-0.4, -0.2) is 83.3 Å². The summed E-state index contributed by atoms with van der Waals surface area (Å²) in [7, 11) is 1.35. The molecule has 2 unspecified atom stereocenters. The molecule has 1 aromatic heterocycles. The number of benzene rings is 2. The van der Waals surface area contributed by atoms with Crippen molar-refractivity contribution in [2.75, 3.05) is 39.8 Å². The number of nitrogens with zero attached hydrogens (tertiary/aromatic N) is 3. The maximum atomic E-state index is 13.8. The number of aromatic amines is 1. The quantitative estimate of drug-likeness (QED) is 0.478. The lowest BCUT2D eigenvalue weighted by Crippen LogP contribution is -2.63. The molecule has 1 N–H and O–H groups in total. The topological polar surface area (TPSA) is 85.9 Å². The van der Waals surface area contributed by atoms with E-state index in [2.05, 4.69) is 29.8 Å². The van der Waals surface area contributed by atoms with Crippen LogP contribution in [0.4, 0.5) is 0 Å². The Kier molecular flexibility index (Phi) is 7.02. The zero-order chi connectivity index (χ0) is 26.1. The highest BCUT2D eigenvalue weighted by Crippen LogP contribution is 2.42. The van der Waals surface area contributed by atoms with Gasteiger partial charge in [-0.15, -0.1) is 0 Å². The van der Waals surface area contributed by atoms with Gasteiger partial charge in [0, 0.05) is 29.6 Å². The third-order valence-electron chi connectivity index (χ3n) is 7.79. The Labute approximate surface area is 217 Å². The maximum Gasteiger partial charge on any atom is 0.337 e. The molecule has 0 bridgehead atoms. The lowest BCUT2D eigenvalue weighted by molar-refractivity contribution is -0.158. The van der Waals surface area contributed by atoms with Gasteiger partial charge in [-0.25, -0.2) is 4.79 Å². The second kappa shape index (κ2) is 10.4. The molecule has 1 saturated heterocycles. The lowest BCUT2D eigenvalue weighted by atomic mass is 9.86. The van der Waals surface area contributed by atoms with Crippen LogP contribution >= 0.6 is 0 Å². The van der Waals surface area contributed by atoms with Crippen molar-refractivity contribution in [2.24, 2.45) is 0 Å². The summed E-state index contributed by atoms with van der Waals surface area (Å²) in [5, 5.41) is 1.08. The minimum Gasteiger partial charge on any atom is -0.465 e. The zero-order valence-corrected chi connectivity index (χ0v) is 21.7. The van der Waals surface area contributed by atoms with E-state index >= 15 is 0 Å². The van der Waals surface area contributed by atoms with Gasteiger partial charge in [0.05, 0.1) is 25.3 Å². The predicted molar refractivity (Wildman–Crippen MR) is 141 cm³/mol. The summed E-state index contributed by atoms with van der Waals surface area (Å²) < 4.78 is 4.84. The molecule has 2 atom stereocenters. The van der Waals surface area contributed by atoms with Crippen LogP contribution in [0.3, 0.4) is 0 Å². The Bertz CT molecular complexity index is 1310. The van der Waals surface area contributed by atoms with Crippen molar-refractivity contribution in [3.05, 3.63) is 70.9 Å². The van der Waals surface area contributed by atoms with E-state index in [1.54, 1.807) is 21.9 Å². The van der Waals surface area contributed by atoms with Gasteiger partial charge in [0.15, 0.2) is 0 Å². The molecule has 0 saturated carbocycles. The monoisotopic (exact) mass is 502 g/mol. The molecule has 8 nitrogen and oxygen atoms in total. The van der Waals surface area contributed by atoms with E-state index < -0.39 is 18.1 Å². The molecule has 2 aliphatic rings. The number of hydrogen-bond acceptors (Lipinski definition) is 5. The van der Waals surface area contributed by atoms with E-state index in [1.807, 2.05) is 30.3 Å². The molecule has 2 aliphatic heterocycles. The number of amides is 2. The van der Waals surface area contributed by atoms with Crippen LogP contribution in [0, 0.1) is 0 Å². The number of carbonyl (C=O) groups is 3.